The molecule has 0 fully saturated rings. The third kappa shape index (κ3) is 3.60. The Morgan fingerprint density at radius 3 is 2.79 bits per heavy atom. The Balaban J connectivity index is 2.26. The fourth-order valence-corrected chi connectivity index (χ4v) is 2.52. The van der Waals surface area contributed by atoms with Gasteiger partial charge in [0, 0.05) is 31.4 Å². The van der Waals surface area contributed by atoms with Gasteiger partial charge in [0.25, 0.3) is 0 Å². The van der Waals surface area contributed by atoms with Crippen molar-refractivity contribution in [2.45, 2.75) is 40.3 Å². The minimum Gasteiger partial charge on any atom is -0.366 e. The van der Waals surface area contributed by atoms with Crippen LogP contribution in [0.5, 0.6) is 0 Å². The van der Waals surface area contributed by atoms with E-state index in [0.717, 1.165) is 19.6 Å². The van der Waals surface area contributed by atoms with Crippen molar-refractivity contribution in [1.82, 2.24) is 5.32 Å². The van der Waals surface area contributed by atoms with Crippen molar-refractivity contribution in [2.75, 3.05) is 18.0 Å². The highest BCUT2D eigenvalue weighted by atomic mass is 15.2. The summed E-state index contributed by atoms with van der Waals surface area (Å²) in [6, 6.07) is 9.32. The summed E-state index contributed by atoms with van der Waals surface area (Å²) in [5.74, 6) is 0.656. The zero-order valence-electron chi connectivity index (χ0n) is 12.6. The van der Waals surface area contributed by atoms with E-state index in [4.69, 9.17) is 0 Å². The molecular formula is C17H26N2. The minimum atomic E-state index is 0.554. The Morgan fingerprint density at radius 2 is 2.11 bits per heavy atom. The number of fused-ring (bicyclic) bond motifs is 1. The molecule has 0 saturated heterocycles. The monoisotopic (exact) mass is 258 g/mol. The Hall–Kier alpha value is -1.28. The fraction of sp³-hybridized carbons (Fsp3) is 0.529. The summed E-state index contributed by atoms with van der Waals surface area (Å²) in [7, 11) is 0. The van der Waals surface area contributed by atoms with Gasteiger partial charge in [0.1, 0.15) is 0 Å². The van der Waals surface area contributed by atoms with Crippen LogP contribution in [0, 0.1) is 5.92 Å². The molecule has 1 heterocycles. The van der Waals surface area contributed by atoms with E-state index in [9.17, 15) is 0 Å². The predicted molar refractivity (Wildman–Crippen MR) is 83.6 cm³/mol. The standard InChI is InChI=1S/C17H26N2/c1-13(2)9-10-19-12-16(14(3)4)18-11-15-7-5-6-8-17(15)19/h5-9,14,16,18H,10-12H2,1-4H3. The maximum absolute atomic E-state index is 3.69. The number of anilines is 1. The number of nitrogens with zero attached hydrogens (tertiary/aromatic N) is 1. The molecule has 2 nitrogen and oxygen atoms in total. The number of hydrogen-bond donors (Lipinski definition) is 1. The van der Waals surface area contributed by atoms with Crippen LogP contribution in [0.4, 0.5) is 5.69 Å². The smallest absolute Gasteiger partial charge is 0.0415 e. The second-order valence-electron chi connectivity index (χ2n) is 6.05. The molecule has 0 saturated carbocycles. The number of benzene rings is 1. The molecule has 1 aliphatic heterocycles. The first-order chi connectivity index (χ1) is 9.08. The molecule has 0 aromatic heterocycles. The Bertz CT molecular complexity index is 444. The van der Waals surface area contributed by atoms with E-state index >= 15 is 0 Å². The van der Waals surface area contributed by atoms with Crippen LogP contribution >= 0.6 is 0 Å². The van der Waals surface area contributed by atoms with Crippen molar-refractivity contribution in [2.24, 2.45) is 5.92 Å². The Labute approximate surface area is 117 Å². The van der Waals surface area contributed by atoms with Crippen LogP contribution in [0.2, 0.25) is 0 Å². The van der Waals surface area contributed by atoms with Gasteiger partial charge in [-0.3, -0.25) is 0 Å². The molecule has 0 spiro atoms. The average molecular weight is 258 g/mol. The lowest BCUT2D eigenvalue weighted by molar-refractivity contribution is 0.406. The molecule has 1 atom stereocenters. The van der Waals surface area contributed by atoms with Gasteiger partial charge in [0.2, 0.25) is 0 Å². The topological polar surface area (TPSA) is 15.3 Å². The van der Waals surface area contributed by atoms with Crippen molar-refractivity contribution >= 4 is 5.69 Å². The van der Waals surface area contributed by atoms with E-state index in [1.165, 1.54) is 16.8 Å². The molecule has 0 radical (unpaired) electrons. The number of rotatable bonds is 3. The molecule has 2 heteroatoms. The largest absolute Gasteiger partial charge is 0.366 e. The lowest BCUT2D eigenvalue weighted by Gasteiger charge is -2.28. The van der Waals surface area contributed by atoms with E-state index in [2.05, 4.69) is 68.3 Å². The van der Waals surface area contributed by atoms with Crippen molar-refractivity contribution in [1.29, 1.82) is 0 Å². The number of nitrogens with one attached hydrogen (secondary N) is 1. The van der Waals surface area contributed by atoms with E-state index in [-0.39, 0.29) is 0 Å². The Morgan fingerprint density at radius 1 is 1.37 bits per heavy atom. The lowest BCUT2D eigenvalue weighted by atomic mass is 10.0. The zero-order valence-corrected chi connectivity index (χ0v) is 12.6. The summed E-state index contributed by atoms with van der Waals surface area (Å²) in [5, 5.41) is 3.69. The fourth-order valence-electron chi connectivity index (χ4n) is 2.52. The van der Waals surface area contributed by atoms with Crippen LogP contribution < -0.4 is 10.2 Å². The molecule has 1 aromatic rings. The third-order valence-corrected chi connectivity index (χ3v) is 3.83. The van der Waals surface area contributed by atoms with Gasteiger partial charge < -0.3 is 10.2 Å². The van der Waals surface area contributed by atoms with Gasteiger partial charge in [0.15, 0.2) is 0 Å². The predicted octanol–water partition coefficient (Wildman–Crippen LogP) is 3.59. The summed E-state index contributed by atoms with van der Waals surface area (Å²) in [6.45, 7) is 12.0. The summed E-state index contributed by atoms with van der Waals surface area (Å²) in [5.41, 5.74) is 4.18. The van der Waals surface area contributed by atoms with Gasteiger partial charge in [0.05, 0.1) is 0 Å². The second-order valence-corrected chi connectivity index (χ2v) is 6.05. The Kier molecular flexibility index (Phi) is 4.65. The number of allylic oxidation sites excluding steroid dienone is 1. The van der Waals surface area contributed by atoms with Crippen LogP contribution in [-0.2, 0) is 6.54 Å². The van der Waals surface area contributed by atoms with Gasteiger partial charge >= 0.3 is 0 Å². The van der Waals surface area contributed by atoms with Gasteiger partial charge in [-0.05, 0) is 31.4 Å². The van der Waals surface area contributed by atoms with Crippen molar-refractivity contribution in [3.05, 3.63) is 41.5 Å². The van der Waals surface area contributed by atoms with Crippen molar-refractivity contribution in [3.8, 4) is 0 Å². The molecule has 0 bridgehead atoms. The number of para-hydroxylation sites is 1. The van der Waals surface area contributed by atoms with Crippen LogP contribution in [-0.4, -0.2) is 19.1 Å². The molecule has 1 aliphatic rings. The SMILES string of the molecule is CC(C)=CCN1CC(C(C)C)NCc2ccccc21. The first-order valence-corrected chi connectivity index (χ1v) is 7.27. The maximum Gasteiger partial charge on any atom is 0.0415 e. The highest BCUT2D eigenvalue weighted by Gasteiger charge is 2.22. The zero-order chi connectivity index (χ0) is 13.8. The van der Waals surface area contributed by atoms with E-state index in [1.54, 1.807) is 0 Å². The minimum absolute atomic E-state index is 0.554. The van der Waals surface area contributed by atoms with E-state index in [0.29, 0.717) is 12.0 Å². The average Bonchev–Trinajstić information content (AvgIpc) is 2.56. The van der Waals surface area contributed by atoms with Crippen LogP contribution in [0.3, 0.4) is 0 Å². The molecule has 1 aromatic carbocycles. The third-order valence-electron chi connectivity index (χ3n) is 3.83. The molecule has 1 N–H and O–H groups in total. The summed E-state index contributed by atoms with van der Waals surface area (Å²) < 4.78 is 0. The first-order valence-electron chi connectivity index (χ1n) is 7.27. The summed E-state index contributed by atoms with van der Waals surface area (Å²) in [4.78, 5) is 2.51. The highest BCUT2D eigenvalue weighted by Crippen LogP contribution is 2.24. The van der Waals surface area contributed by atoms with Gasteiger partial charge in [-0.15, -0.1) is 0 Å². The quantitative estimate of drug-likeness (QED) is 0.834. The molecule has 0 amide bonds. The lowest BCUT2D eigenvalue weighted by Crippen LogP contribution is -2.41. The van der Waals surface area contributed by atoms with E-state index < -0.39 is 0 Å². The van der Waals surface area contributed by atoms with Gasteiger partial charge in [-0.25, -0.2) is 0 Å². The van der Waals surface area contributed by atoms with Crippen molar-refractivity contribution in [3.63, 3.8) is 0 Å². The van der Waals surface area contributed by atoms with Crippen LogP contribution in [0.1, 0.15) is 33.3 Å². The van der Waals surface area contributed by atoms with Crippen LogP contribution in [0.15, 0.2) is 35.9 Å². The molecule has 104 valence electrons. The molecule has 0 aliphatic carbocycles. The normalized spacial score (nSPS) is 19.0. The van der Waals surface area contributed by atoms with Gasteiger partial charge in [-0.1, -0.05) is 43.7 Å². The van der Waals surface area contributed by atoms with E-state index in [1.807, 2.05) is 0 Å². The number of hydrogen-bond acceptors (Lipinski definition) is 2. The maximum atomic E-state index is 3.69. The highest BCUT2D eigenvalue weighted by molar-refractivity contribution is 5.55. The van der Waals surface area contributed by atoms with Crippen LogP contribution in [0.25, 0.3) is 0 Å². The van der Waals surface area contributed by atoms with Crippen molar-refractivity contribution < 1.29 is 0 Å². The second kappa shape index (κ2) is 6.25. The molecular weight excluding hydrogens is 232 g/mol. The molecule has 19 heavy (non-hydrogen) atoms. The summed E-state index contributed by atoms with van der Waals surface area (Å²) in [6.07, 6.45) is 2.32. The summed E-state index contributed by atoms with van der Waals surface area (Å²) >= 11 is 0. The van der Waals surface area contributed by atoms with Gasteiger partial charge in [-0.2, -0.15) is 0 Å². The molecule has 1 unspecified atom stereocenters. The molecule has 2 rings (SSSR count). The first kappa shape index (κ1) is 14.1.